The number of nitrogens with one attached hydrogen (secondary N) is 2. The van der Waals surface area contributed by atoms with Crippen molar-refractivity contribution in [1.82, 2.24) is 0 Å². The number of aryl methyl sites for hydroxylation is 3. The van der Waals surface area contributed by atoms with Crippen LogP contribution in [0, 0.1) is 27.7 Å². The molecule has 138 valence electrons. The summed E-state index contributed by atoms with van der Waals surface area (Å²) in [4.78, 5) is 36.7. The highest BCUT2D eigenvalue weighted by atomic mass is 32.1. The van der Waals surface area contributed by atoms with Gasteiger partial charge in [-0.15, -0.1) is 11.3 Å². The van der Waals surface area contributed by atoms with E-state index in [1.54, 1.807) is 6.92 Å². The summed E-state index contributed by atoms with van der Waals surface area (Å²) in [5.41, 5.74) is 3.74. The van der Waals surface area contributed by atoms with Crippen LogP contribution in [-0.2, 0) is 14.3 Å². The van der Waals surface area contributed by atoms with Crippen LogP contribution in [-0.4, -0.2) is 24.4 Å². The molecule has 0 unspecified atom stereocenters. The summed E-state index contributed by atoms with van der Waals surface area (Å²) in [6.07, 6.45) is 0. The summed E-state index contributed by atoms with van der Waals surface area (Å²) in [7, 11) is 0. The Hall–Kier alpha value is -2.67. The Morgan fingerprint density at radius 1 is 1.08 bits per heavy atom. The van der Waals surface area contributed by atoms with Crippen LogP contribution in [0.4, 0.5) is 10.7 Å². The van der Waals surface area contributed by atoms with Crippen LogP contribution < -0.4 is 10.6 Å². The molecule has 7 heteroatoms. The van der Waals surface area contributed by atoms with Crippen LogP contribution in [0.25, 0.3) is 0 Å². The van der Waals surface area contributed by atoms with Crippen LogP contribution in [0.5, 0.6) is 0 Å². The second-order valence-corrected chi connectivity index (χ2v) is 7.34. The minimum atomic E-state index is -0.633. The summed E-state index contributed by atoms with van der Waals surface area (Å²) in [5.74, 6) is -1.32. The Labute approximate surface area is 156 Å². The molecule has 2 amide bonds. The van der Waals surface area contributed by atoms with Crippen molar-refractivity contribution in [3.63, 3.8) is 0 Å². The summed E-state index contributed by atoms with van der Waals surface area (Å²) in [6, 6.07) is 5.66. The Morgan fingerprint density at radius 2 is 1.77 bits per heavy atom. The van der Waals surface area contributed by atoms with Crippen molar-refractivity contribution in [1.29, 1.82) is 0 Å². The van der Waals surface area contributed by atoms with Gasteiger partial charge in [0.25, 0.3) is 5.91 Å². The molecule has 0 bridgehead atoms. The number of carbonyl (C=O) groups excluding carboxylic acids is 3. The quantitative estimate of drug-likeness (QED) is 0.781. The molecule has 1 heterocycles. The first-order valence-corrected chi connectivity index (χ1v) is 8.92. The minimum absolute atomic E-state index is 0.270. The monoisotopic (exact) mass is 374 g/mol. The average molecular weight is 374 g/mol. The number of carbonyl (C=O) groups is 3. The number of anilines is 2. The Balaban J connectivity index is 2.04. The standard InChI is InChI=1S/C19H22N2O4S/c1-10-6-7-15(11(2)8-10)21-16(23)9-25-19(24)17-12(3)13(4)26-18(17)20-14(5)22/h6-8H,9H2,1-5H3,(H,20,22)(H,21,23). The molecule has 0 aliphatic rings. The van der Waals surface area contributed by atoms with E-state index in [9.17, 15) is 14.4 Å². The van der Waals surface area contributed by atoms with E-state index in [0.717, 1.165) is 21.6 Å². The van der Waals surface area contributed by atoms with Gasteiger partial charge in [-0.3, -0.25) is 9.59 Å². The first-order chi connectivity index (χ1) is 12.2. The summed E-state index contributed by atoms with van der Waals surface area (Å²) in [5, 5.41) is 5.80. The van der Waals surface area contributed by atoms with Crippen LogP contribution in [0.2, 0.25) is 0 Å². The van der Waals surface area contributed by atoms with Gasteiger partial charge < -0.3 is 15.4 Å². The molecule has 0 saturated heterocycles. The average Bonchev–Trinajstić information content (AvgIpc) is 2.81. The maximum Gasteiger partial charge on any atom is 0.341 e. The van der Waals surface area contributed by atoms with E-state index in [-0.39, 0.29) is 5.91 Å². The molecule has 6 nitrogen and oxygen atoms in total. The lowest BCUT2D eigenvalue weighted by atomic mass is 10.1. The molecule has 2 N–H and O–H groups in total. The third-order valence-corrected chi connectivity index (χ3v) is 4.99. The van der Waals surface area contributed by atoms with Crippen molar-refractivity contribution in [2.24, 2.45) is 0 Å². The molecule has 2 aromatic rings. The highest BCUT2D eigenvalue weighted by Crippen LogP contribution is 2.33. The zero-order valence-electron chi connectivity index (χ0n) is 15.5. The molecular weight excluding hydrogens is 352 g/mol. The highest BCUT2D eigenvalue weighted by molar-refractivity contribution is 7.16. The summed E-state index contributed by atoms with van der Waals surface area (Å²) >= 11 is 1.30. The first kappa shape index (κ1) is 19.7. The van der Waals surface area contributed by atoms with Crippen molar-refractivity contribution < 1.29 is 19.1 Å². The van der Waals surface area contributed by atoms with E-state index in [4.69, 9.17) is 4.74 Å². The smallest absolute Gasteiger partial charge is 0.341 e. The van der Waals surface area contributed by atoms with Crippen LogP contribution >= 0.6 is 11.3 Å². The summed E-state index contributed by atoms with van der Waals surface area (Å²) in [6.45, 7) is 8.47. The zero-order chi connectivity index (χ0) is 19.4. The van der Waals surface area contributed by atoms with E-state index in [1.807, 2.05) is 39.0 Å². The number of hydrogen-bond acceptors (Lipinski definition) is 5. The molecule has 0 fully saturated rings. The molecular formula is C19H22N2O4S. The fourth-order valence-electron chi connectivity index (χ4n) is 2.46. The molecule has 1 aromatic heterocycles. The number of rotatable bonds is 5. The van der Waals surface area contributed by atoms with Gasteiger partial charge in [0.15, 0.2) is 6.61 Å². The Morgan fingerprint density at radius 3 is 2.38 bits per heavy atom. The van der Waals surface area contributed by atoms with E-state index in [0.29, 0.717) is 16.3 Å². The van der Waals surface area contributed by atoms with E-state index < -0.39 is 18.5 Å². The third-order valence-electron chi connectivity index (χ3n) is 3.87. The van der Waals surface area contributed by atoms with Gasteiger partial charge in [0, 0.05) is 17.5 Å². The van der Waals surface area contributed by atoms with E-state index >= 15 is 0 Å². The molecule has 0 saturated carbocycles. The maximum absolute atomic E-state index is 12.4. The zero-order valence-corrected chi connectivity index (χ0v) is 16.3. The van der Waals surface area contributed by atoms with Crippen molar-refractivity contribution in [2.45, 2.75) is 34.6 Å². The van der Waals surface area contributed by atoms with Crippen LogP contribution in [0.1, 0.15) is 38.8 Å². The second-order valence-electron chi connectivity index (χ2n) is 6.11. The molecule has 0 aliphatic carbocycles. The number of esters is 1. The van der Waals surface area contributed by atoms with Crippen LogP contribution in [0.3, 0.4) is 0 Å². The van der Waals surface area contributed by atoms with Gasteiger partial charge in [0.2, 0.25) is 5.91 Å². The number of benzene rings is 1. The Bertz CT molecular complexity index is 871. The minimum Gasteiger partial charge on any atom is -0.452 e. The molecule has 0 aliphatic heterocycles. The van der Waals surface area contributed by atoms with Crippen molar-refractivity contribution in [3.05, 3.63) is 45.3 Å². The van der Waals surface area contributed by atoms with Gasteiger partial charge >= 0.3 is 5.97 Å². The van der Waals surface area contributed by atoms with E-state index in [2.05, 4.69) is 10.6 Å². The van der Waals surface area contributed by atoms with Gasteiger partial charge in [-0.05, 0) is 44.9 Å². The molecule has 1 aromatic carbocycles. The summed E-state index contributed by atoms with van der Waals surface area (Å²) < 4.78 is 5.15. The van der Waals surface area contributed by atoms with Crippen molar-refractivity contribution in [2.75, 3.05) is 17.2 Å². The van der Waals surface area contributed by atoms with Crippen molar-refractivity contribution >= 4 is 39.8 Å². The van der Waals surface area contributed by atoms with Gasteiger partial charge in [-0.25, -0.2) is 4.79 Å². The maximum atomic E-state index is 12.4. The van der Waals surface area contributed by atoms with Crippen molar-refractivity contribution in [3.8, 4) is 0 Å². The predicted molar refractivity (Wildman–Crippen MR) is 103 cm³/mol. The third kappa shape index (κ3) is 4.70. The topological polar surface area (TPSA) is 84.5 Å². The predicted octanol–water partition coefficient (Wildman–Crippen LogP) is 3.74. The molecule has 0 spiro atoms. The molecule has 0 radical (unpaired) electrons. The van der Waals surface area contributed by atoms with Gasteiger partial charge in [0.1, 0.15) is 5.00 Å². The number of hydrogen-bond donors (Lipinski definition) is 2. The SMILES string of the molecule is CC(=O)Nc1sc(C)c(C)c1C(=O)OCC(=O)Nc1ccc(C)cc1C. The lowest BCUT2D eigenvalue weighted by molar-refractivity contribution is -0.119. The number of amides is 2. The fourth-order valence-corrected chi connectivity index (χ4v) is 3.56. The van der Waals surface area contributed by atoms with Gasteiger partial charge in [-0.2, -0.15) is 0 Å². The Kier molecular flexibility index (Phi) is 6.15. The molecule has 2 rings (SSSR count). The number of ether oxygens (including phenoxy) is 1. The second kappa shape index (κ2) is 8.14. The first-order valence-electron chi connectivity index (χ1n) is 8.11. The number of thiophene rings is 1. The van der Waals surface area contributed by atoms with Gasteiger partial charge in [0.05, 0.1) is 5.56 Å². The largest absolute Gasteiger partial charge is 0.452 e. The molecule has 0 atom stereocenters. The lowest BCUT2D eigenvalue weighted by Gasteiger charge is -2.10. The van der Waals surface area contributed by atoms with Gasteiger partial charge in [-0.1, -0.05) is 17.7 Å². The van der Waals surface area contributed by atoms with E-state index in [1.165, 1.54) is 18.3 Å². The highest BCUT2D eigenvalue weighted by Gasteiger charge is 2.22. The molecule has 26 heavy (non-hydrogen) atoms. The van der Waals surface area contributed by atoms with Crippen LogP contribution in [0.15, 0.2) is 18.2 Å². The fraction of sp³-hybridized carbons (Fsp3) is 0.316. The lowest BCUT2D eigenvalue weighted by Crippen LogP contribution is -2.22. The normalized spacial score (nSPS) is 10.3.